The third-order valence-electron chi connectivity index (χ3n) is 13.0. The van der Waals surface area contributed by atoms with E-state index in [0.29, 0.717) is 53.8 Å². The average molecular weight is 774 g/mol. The van der Waals surface area contributed by atoms with Crippen molar-refractivity contribution in [2.75, 3.05) is 54.9 Å². The van der Waals surface area contributed by atoms with Crippen LogP contribution in [0.25, 0.3) is 11.0 Å². The largest absolute Gasteiger partial charge is 0.368 e. The Kier molecular flexibility index (Phi) is 11.4. The van der Waals surface area contributed by atoms with Crippen molar-refractivity contribution >= 4 is 52.2 Å². The van der Waals surface area contributed by atoms with Gasteiger partial charge in [0, 0.05) is 81.6 Å². The molecule has 2 bridgehead atoms. The molecule has 13 heteroatoms. The Morgan fingerprint density at radius 2 is 1.68 bits per heavy atom. The van der Waals surface area contributed by atoms with Crippen LogP contribution in [0.3, 0.4) is 0 Å². The van der Waals surface area contributed by atoms with E-state index in [1.807, 2.05) is 18.3 Å². The summed E-state index contributed by atoms with van der Waals surface area (Å²) in [6.07, 6.45) is 14.1. The van der Waals surface area contributed by atoms with Crippen LogP contribution in [0.5, 0.6) is 0 Å². The normalized spacial score (nSPS) is 21.8. The van der Waals surface area contributed by atoms with E-state index in [1.165, 1.54) is 38.3 Å². The highest BCUT2D eigenvalue weighted by Gasteiger charge is 2.41. The second-order valence-electron chi connectivity index (χ2n) is 16.6. The van der Waals surface area contributed by atoms with Crippen molar-refractivity contribution in [3.05, 3.63) is 75.8 Å². The SMILES string of the molecule is CNC(=O)C(CCC=O)c1cccc(N2C3CCC2CC(CN2CCN(c4ccc(Nc5ncc6c(C)c(C(C)=O)c(=O)n(C7CCCC7)c6n5)nc4)CC2)C3)c1. The number of benzene rings is 1. The van der Waals surface area contributed by atoms with Crippen LogP contribution in [0, 0.1) is 12.8 Å². The van der Waals surface area contributed by atoms with Gasteiger partial charge in [-0.25, -0.2) is 9.97 Å². The van der Waals surface area contributed by atoms with Gasteiger partial charge in [-0.05, 0) is 100 Å². The van der Waals surface area contributed by atoms with E-state index >= 15 is 0 Å². The predicted octanol–water partition coefficient (Wildman–Crippen LogP) is 5.93. The lowest BCUT2D eigenvalue weighted by Crippen LogP contribution is -2.50. The van der Waals surface area contributed by atoms with Crippen molar-refractivity contribution in [1.29, 1.82) is 0 Å². The summed E-state index contributed by atoms with van der Waals surface area (Å²) >= 11 is 0. The minimum Gasteiger partial charge on any atom is -0.368 e. The summed E-state index contributed by atoms with van der Waals surface area (Å²) < 4.78 is 1.73. The summed E-state index contributed by atoms with van der Waals surface area (Å²) in [6.45, 7) is 8.28. The van der Waals surface area contributed by atoms with E-state index < -0.39 is 0 Å². The number of fused-ring (bicyclic) bond motifs is 3. The van der Waals surface area contributed by atoms with Gasteiger partial charge in [-0.2, -0.15) is 4.98 Å². The Hall–Kier alpha value is -5.17. The first-order chi connectivity index (χ1) is 27.7. The first-order valence-corrected chi connectivity index (χ1v) is 20.9. The molecule has 0 spiro atoms. The maximum Gasteiger partial charge on any atom is 0.263 e. The van der Waals surface area contributed by atoms with Crippen LogP contribution in [0.15, 0.2) is 53.6 Å². The summed E-state index contributed by atoms with van der Waals surface area (Å²) in [5.41, 5.74) is 4.43. The van der Waals surface area contributed by atoms with Gasteiger partial charge in [0.1, 0.15) is 17.8 Å². The molecular formula is C44H55N9O4. The van der Waals surface area contributed by atoms with Crippen molar-refractivity contribution in [3.8, 4) is 0 Å². The number of amides is 1. The average Bonchev–Trinajstić information content (AvgIpc) is 3.84. The summed E-state index contributed by atoms with van der Waals surface area (Å²) in [5.74, 6) is 1.07. The van der Waals surface area contributed by atoms with Crippen LogP contribution in [0.2, 0.25) is 0 Å². The Labute approximate surface area is 334 Å². The second-order valence-corrected chi connectivity index (χ2v) is 16.6. The number of pyridine rings is 2. The number of nitrogens with zero attached hydrogens (tertiary/aromatic N) is 7. The summed E-state index contributed by atoms with van der Waals surface area (Å²) in [7, 11) is 1.66. The molecule has 2 N–H and O–H groups in total. The Morgan fingerprint density at radius 3 is 2.35 bits per heavy atom. The minimum atomic E-state index is -0.317. The maximum atomic E-state index is 13.6. The fraction of sp³-hybridized carbons (Fsp3) is 0.523. The minimum absolute atomic E-state index is 0.0225. The van der Waals surface area contributed by atoms with Crippen molar-refractivity contribution in [1.82, 2.24) is 29.7 Å². The Balaban J connectivity index is 0.868. The van der Waals surface area contributed by atoms with Gasteiger partial charge in [0.2, 0.25) is 11.9 Å². The number of piperidine rings is 1. The molecule has 1 aliphatic carbocycles. The van der Waals surface area contributed by atoms with Crippen LogP contribution in [0.1, 0.15) is 105 Å². The molecule has 6 heterocycles. The monoisotopic (exact) mass is 773 g/mol. The molecule has 1 saturated carbocycles. The summed E-state index contributed by atoms with van der Waals surface area (Å²) in [4.78, 5) is 71.6. The zero-order valence-electron chi connectivity index (χ0n) is 33.5. The van der Waals surface area contributed by atoms with Crippen molar-refractivity contribution in [3.63, 3.8) is 0 Å². The Bertz CT molecular complexity index is 2160. The molecule has 3 saturated heterocycles. The van der Waals surface area contributed by atoms with E-state index in [0.717, 1.165) is 81.3 Å². The number of rotatable bonds is 13. The number of aryl methyl sites for hydroxylation is 1. The van der Waals surface area contributed by atoms with E-state index in [1.54, 1.807) is 24.7 Å². The highest BCUT2D eigenvalue weighted by molar-refractivity contribution is 5.99. The molecule has 4 aliphatic rings. The molecule has 1 amide bonds. The molecule has 1 aromatic carbocycles. The number of likely N-dealkylation sites (N-methyl/N-ethyl adjacent to an activating group) is 1. The smallest absolute Gasteiger partial charge is 0.263 e. The molecule has 3 atom stereocenters. The van der Waals surface area contributed by atoms with Gasteiger partial charge in [0.15, 0.2) is 5.78 Å². The fourth-order valence-electron chi connectivity index (χ4n) is 10.2. The first kappa shape index (κ1) is 38.7. The van der Waals surface area contributed by atoms with E-state index in [2.05, 4.69) is 54.6 Å². The summed E-state index contributed by atoms with van der Waals surface area (Å²) in [5, 5.41) is 6.76. The summed E-state index contributed by atoms with van der Waals surface area (Å²) in [6, 6.07) is 13.5. The molecule has 4 aromatic rings. The standard InChI is InChI=1S/C44H55N9O4/c1-28-38-26-47-44(49-41(38)53(32-9-4-5-10-32)43(57)40(28)29(2)55)48-39-16-15-36(25-46-39)51-19-17-50(18-20-51)27-30-22-34-13-14-35(23-30)52(34)33-11-6-8-31(24-33)37(12-7-21-54)42(56)45-3/h6,8,11,15-16,21,24-26,30,32,34-35,37H,4-5,7,9-10,12-14,17-20,22-23,27H2,1-3H3,(H,45,56)(H,46,47,48,49). The topological polar surface area (TPSA) is 146 Å². The quantitative estimate of drug-likeness (QED) is 0.123. The molecule has 57 heavy (non-hydrogen) atoms. The number of ketones is 1. The van der Waals surface area contributed by atoms with Gasteiger partial charge in [0.05, 0.1) is 23.4 Å². The van der Waals surface area contributed by atoms with Gasteiger partial charge in [0.25, 0.3) is 5.56 Å². The van der Waals surface area contributed by atoms with Crippen LogP contribution in [-0.2, 0) is 9.59 Å². The van der Waals surface area contributed by atoms with Gasteiger partial charge in [-0.1, -0.05) is 25.0 Å². The van der Waals surface area contributed by atoms with Crippen LogP contribution >= 0.6 is 0 Å². The molecular weight excluding hydrogens is 719 g/mol. The molecule has 8 rings (SSSR count). The molecule has 3 aliphatic heterocycles. The molecule has 3 aromatic heterocycles. The third kappa shape index (κ3) is 7.90. The number of piperazine rings is 1. The third-order valence-corrected chi connectivity index (χ3v) is 13.0. The predicted molar refractivity (Wildman–Crippen MR) is 223 cm³/mol. The number of anilines is 4. The fourth-order valence-corrected chi connectivity index (χ4v) is 10.2. The number of carbonyl (C=O) groups is 3. The van der Waals surface area contributed by atoms with Crippen LogP contribution < -0.4 is 26.0 Å². The second kappa shape index (κ2) is 16.7. The van der Waals surface area contributed by atoms with Gasteiger partial charge >= 0.3 is 0 Å². The van der Waals surface area contributed by atoms with Gasteiger partial charge in [-0.15, -0.1) is 0 Å². The van der Waals surface area contributed by atoms with Crippen molar-refractivity contribution in [2.45, 2.75) is 102 Å². The zero-order chi connectivity index (χ0) is 39.6. The highest BCUT2D eigenvalue weighted by atomic mass is 16.2. The van der Waals surface area contributed by atoms with Gasteiger partial charge < -0.3 is 25.2 Å². The highest BCUT2D eigenvalue weighted by Crippen LogP contribution is 2.43. The van der Waals surface area contributed by atoms with E-state index in [-0.39, 0.29) is 34.8 Å². The number of carbonyl (C=O) groups excluding carboxylic acids is 3. The zero-order valence-corrected chi connectivity index (χ0v) is 33.5. The number of hydrogen-bond donors (Lipinski definition) is 2. The maximum absolute atomic E-state index is 13.6. The molecule has 300 valence electrons. The van der Waals surface area contributed by atoms with Crippen LogP contribution in [0.4, 0.5) is 23.1 Å². The number of Topliss-reactive ketones (excluding diaryl/α,β-unsaturated/α-hetero) is 1. The lowest BCUT2D eigenvalue weighted by molar-refractivity contribution is -0.122. The number of aldehydes is 1. The molecule has 3 unspecified atom stereocenters. The van der Waals surface area contributed by atoms with E-state index in [4.69, 9.17) is 9.97 Å². The van der Waals surface area contributed by atoms with Gasteiger partial charge in [-0.3, -0.25) is 23.9 Å². The number of hydrogen-bond acceptors (Lipinski definition) is 11. The molecule has 13 nitrogen and oxygen atoms in total. The van der Waals surface area contributed by atoms with E-state index in [9.17, 15) is 19.2 Å². The lowest BCUT2D eigenvalue weighted by Gasteiger charge is -2.43. The molecule has 4 fully saturated rings. The Morgan fingerprint density at radius 1 is 0.930 bits per heavy atom. The van der Waals surface area contributed by atoms with Crippen molar-refractivity contribution in [2.24, 2.45) is 5.92 Å². The lowest BCUT2D eigenvalue weighted by atomic mass is 9.88. The van der Waals surface area contributed by atoms with Crippen LogP contribution in [-0.4, -0.2) is 94.3 Å². The first-order valence-electron chi connectivity index (χ1n) is 20.9. The molecule has 0 radical (unpaired) electrons. The number of nitrogens with one attached hydrogen (secondary N) is 2. The number of aromatic nitrogens is 4. The van der Waals surface area contributed by atoms with Crippen molar-refractivity contribution < 1.29 is 14.4 Å².